The summed E-state index contributed by atoms with van der Waals surface area (Å²) in [5.74, 6) is 1.57. The van der Waals surface area contributed by atoms with E-state index in [1.165, 1.54) is 19.3 Å². The maximum Gasteiger partial charge on any atom is 0.126 e. The summed E-state index contributed by atoms with van der Waals surface area (Å²) in [6.45, 7) is 2.12. The highest BCUT2D eigenvalue weighted by molar-refractivity contribution is 6.30. The van der Waals surface area contributed by atoms with E-state index in [0.717, 1.165) is 23.7 Å². The largest absolute Gasteiger partial charge is 0.487 e. The molecule has 3 rings (SSSR count). The van der Waals surface area contributed by atoms with Crippen LogP contribution in [-0.4, -0.2) is 10.7 Å². The van der Waals surface area contributed by atoms with E-state index in [4.69, 9.17) is 16.3 Å². The Hall–Kier alpha value is -0.730. The second-order valence-corrected chi connectivity index (χ2v) is 6.39. The topological polar surface area (TPSA) is 29.5 Å². The van der Waals surface area contributed by atoms with Crippen LogP contribution < -0.4 is 4.74 Å². The highest BCUT2D eigenvalue weighted by Crippen LogP contribution is 2.45. The molecule has 2 nitrogen and oxygen atoms in total. The third-order valence-corrected chi connectivity index (χ3v) is 4.49. The summed E-state index contributed by atoms with van der Waals surface area (Å²) in [6, 6.07) is 5.51. The summed E-state index contributed by atoms with van der Waals surface area (Å²) >= 11 is 5.96. The lowest BCUT2D eigenvalue weighted by molar-refractivity contribution is -0.0247. The third-order valence-electron chi connectivity index (χ3n) is 4.26. The summed E-state index contributed by atoms with van der Waals surface area (Å²) in [5.41, 5.74) is 0.597. The molecule has 1 saturated carbocycles. The van der Waals surface area contributed by atoms with Crippen molar-refractivity contribution in [1.82, 2.24) is 0 Å². The predicted octanol–water partition coefficient (Wildman–Crippen LogP) is 4.10. The first-order valence-corrected chi connectivity index (χ1v) is 7.10. The van der Waals surface area contributed by atoms with E-state index >= 15 is 0 Å². The number of halogens is 1. The smallest absolute Gasteiger partial charge is 0.126 e. The van der Waals surface area contributed by atoms with Gasteiger partial charge < -0.3 is 9.84 Å². The summed E-state index contributed by atoms with van der Waals surface area (Å²) < 4.78 is 6.13. The van der Waals surface area contributed by atoms with Gasteiger partial charge in [-0.05, 0) is 37.5 Å². The number of aliphatic hydroxyl groups is 1. The number of rotatable bonds is 2. The monoisotopic (exact) mass is 266 g/mol. The fourth-order valence-electron chi connectivity index (χ4n) is 3.13. The molecular formula is C15H19ClO2. The maximum absolute atomic E-state index is 10.3. The van der Waals surface area contributed by atoms with Gasteiger partial charge in [0.15, 0.2) is 0 Å². The first kappa shape index (κ1) is 12.3. The van der Waals surface area contributed by atoms with Crippen LogP contribution in [0.15, 0.2) is 18.2 Å². The van der Waals surface area contributed by atoms with E-state index in [1.807, 2.05) is 18.2 Å². The van der Waals surface area contributed by atoms with Gasteiger partial charge in [-0.3, -0.25) is 0 Å². The molecule has 0 spiro atoms. The van der Waals surface area contributed by atoms with Gasteiger partial charge in [-0.1, -0.05) is 30.9 Å². The summed E-state index contributed by atoms with van der Waals surface area (Å²) in [4.78, 5) is 0. The van der Waals surface area contributed by atoms with E-state index in [2.05, 4.69) is 6.92 Å². The summed E-state index contributed by atoms with van der Waals surface area (Å²) in [6.07, 6.45) is 5.21. The minimum Gasteiger partial charge on any atom is -0.487 e. The van der Waals surface area contributed by atoms with Crippen LogP contribution >= 0.6 is 11.6 Å². The Morgan fingerprint density at radius 2 is 2.22 bits per heavy atom. The Balaban J connectivity index is 1.83. The molecule has 98 valence electrons. The molecule has 1 N–H and O–H groups in total. The minimum atomic E-state index is -0.461. The summed E-state index contributed by atoms with van der Waals surface area (Å²) in [7, 11) is 0. The van der Waals surface area contributed by atoms with E-state index in [1.54, 1.807) is 0 Å². The van der Waals surface area contributed by atoms with Crippen LogP contribution in [0.25, 0.3) is 0 Å². The molecule has 18 heavy (non-hydrogen) atoms. The van der Waals surface area contributed by atoms with Crippen LogP contribution in [0, 0.1) is 5.92 Å². The fraction of sp³-hybridized carbons (Fsp3) is 0.600. The minimum absolute atomic E-state index is 0.231. The van der Waals surface area contributed by atoms with Crippen molar-refractivity contribution in [3.63, 3.8) is 0 Å². The van der Waals surface area contributed by atoms with Gasteiger partial charge in [-0.25, -0.2) is 0 Å². The van der Waals surface area contributed by atoms with Crippen LogP contribution in [0.1, 0.15) is 50.7 Å². The number of benzene rings is 1. The van der Waals surface area contributed by atoms with Crippen LogP contribution in [-0.2, 0) is 0 Å². The first-order valence-electron chi connectivity index (χ1n) is 6.72. The molecule has 2 atom stereocenters. The lowest BCUT2D eigenvalue weighted by Crippen LogP contribution is -2.41. The Labute approximate surface area is 113 Å². The molecule has 1 aliphatic carbocycles. The van der Waals surface area contributed by atoms with E-state index in [0.29, 0.717) is 11.4 Å². The van der Waals surface area contributed by atoms with Crippen molar-refractivity contribution >= 4 is 11.6 Å². The van der Waals surface area contributed by atoms with Crippen molar-refractivity contribution in [3.05, 3.63) is 28.8 Å². The van der Waals surface area contributed by atoms with Gasteiger partial charge >= 0.3 is 0 Å². The van der Waals surface area contributed by atoms with Crippen molar-refractivity contribution in [2.75, 3.05) is 0 Å². The molecule has 1 heterocycles. The Bertz CT molecular complexity index is 456. The molecule has 0 bridgehead atoms. The number of hydrogen-bond donors (Lipinski definition) is 1. The molecule has 1 aromatic carbocycles. The van der Waals surface area contributed by atoms with E-state index in [-0.39, 0.29) is 5.60 Å². The lowest BCUT2D eigenvalue weighted by atomic mass is 9.75. The normalized spacial score (nSPS) is 31.4. The van der Waals surface area contributed by atoms with Gasteiger partial charge in [-0.2, -0.15) is 0 Å². The number of hydrogen-bond acceptors (Lipinski definition) is 2. The quantitative estimate of drug-likeness (QED) is 0.873. The molecule has 1 fully saturated rings. The zero-order chi connectivity index (χ0) is 12.8. The molecule has 0 saturated heterocycles. The van der Waals surface area contributed by atoms with Gasteiger partial charge in [0.1, 0.15) is 11.4 Å². The third kappa shape index (κ3) is 2.24. The van der Waals surface area contributed by atoms with Gasteiger partial charge in [0.2, 0.25) is 0 Å². The molecule has 2 unspecified atom stereocenters. The average Bonchev–Trinajstić information content (AvgIpc) is 2.25. The maximum atomic E-state index is 10.3. The Morgan fingerprint density at radius 1 is 1.44 bits per heavy atom. The number of ether oxygens (including phenoxy) is 1. The van der Waals surface area contributed by atoms with Crippen LogP contribution in [0.2, 0.25) is 5.02 Å². The molecule has 2 aliphatic rings. The van der Waals surface area contributed by atoms with Crippen LogP contribution in [0.3, 0.4) is 0 Å². The summed E-state index contributed by atoms with van der Waals surface area (Å²) in [5, 5.41) is 10.9. The van der Waals surface area contributed by atoms with Crippen molar-refractivity contribution < 1.29 is 9.84 Å². The van der Waals surface area contributed by atoms with Gasteiger partial charge in [0.05, 0.1) is 6.10 Å². The molecule has 3 heteroatoms. The van der Waals surface area contributed by atoms with Crippen LogP contribution in [0.5, 0.6) is 5.75 Å². The highest BCUT2D eigenvalue weighted by Gasteiger charge is 2.39. The second-order valence-electron chi connectivity index (χ2n) is 5.96. The number of aliphatic hydroxyl groups excluding tert-OH is 1. The molecule has 0 aromatic heterocycles. The van der Waals surface area contributed by atoms with Gasteiger partial charge in [0.25, 0.3) is 0 Å². The predicted molar refractivity (Wildman–Crippen MR) is 72.0 cm³/mol. The molecule has 0 amide bonds. The van der Waals surface area contributed by atoms with Crippen molar-refractivity contribution in [1.29, 1.82) is 0 Å². The van der Waals surface area contributed by atoms with E-state index < -0.39 is 6.10 Å². The number of fused-ring (bicyclic) bond motifs is 1. The average molecular weight is 267 g/mol. The molecular weight excluding hydrogens is 248 g/mol. The zero-order valence-corrected chi connectivity index (χ0v) is 11.4. The Morgan fingerprint density at radius 3 is 2.89 bits per heavy atom. The van der Waals surface area contributed by atoms with Crippen molar-refractivity contribution in [2.45, 2.75) is 50.7 Å². The van der Waals surface area contributed by atoms with Gasteiger partial charge in [-0.15, -0.1) is 0 Å². The standard InChI is InChI=1S/C15H19ClO2/c1-15(8-10-3-2-4-10)9-13(17)12-7-11(16)5-6-14(12)18-15/h5-7,10,13,17H,2-4,8-9H2,1H3. The van der Waals surface area contributed by atoms with Crippen LogP contribution in [0.4, 0.5) is 0 Å². The van der Waals surface area contributed by atoms with Gasteiger partial charge in [0, 0.05) is 17.0 Å². The fourth-order valence-corrected chi connectivity index (χ4v) is 3.31. The Kier molecular flexibility index (Phi) is 3.03. The second kappa shape index (κ2) is 4.43. The first-order chi connectivity index (χ1) is 8.56. The van der Waals surface area contributed by atoms with E-state index in [9.17, 15) is 5.11 Å². The molecule has 0 radical (unpaired) electrons. The van der Waals surface area contributed by atoms with Crippen molar-refractivity contribution in [2.24, 2.45) is 5.92 Å². The zero-order valence-electron chi connectivity index (χ0n) is 10.7. The SMILES string of the molecule is CC1(CC2CCC2)CC(O)c2cc(Cl)ccc2O1. The van der Waals surface area contributed by atoms with Crippen molar-refractivity contribution in [3.8, 4) is 5.75 Å². The lowest BCUT2D eigenvalue weighted by Gasteiger charge is -2.42. The molecule has 1 aliphatic heterocycles. The highest BCUT2D eigenvalue weighted by atomic mass is 35.5. The molecule has 1 aromatic rings.